The summed E-state index contributed by atoms with van der Waals surface area (Å²) in [4.78, 5) is 51.2. The van der Waals surface area contributed by atoms with Gasteiger partial charge in [-0.1, -0.05) is 55.0 Å². The summed E-state index contributed by atoms with van der Waals surface area (Å²) in [7, 11) is 0. The molecule has 2 saturated heterocycles. The van der Waals surface area contributed by atoms with Crippen molar-refractivity contribution < 1.29 is 46.2 Å². The first kappa shape index (κ1) is 31.6. The van der Waals surface area contributed by atoms with Crippen LogP contribution in [0.5, 0.6) is 5.75 Å². The van der Waals surface area contributed by atoms with Crippen molar-refractivity contribution in [3.05, 3.63) is 82.7 Å². The first-order chi connectivity index (χ1) is 22.2. The Kier molecular flexibility index (Phi) is 7.04. The molecule has 7 nitrogen and oxygen atoms in total. The molecule has 1 saturated carbocycles. The zero-order chi connectivity index (χ0) is 33.9. The number of likely N-dealkylation sites (tertiary alicyclic amines) is 1. The van der Waals surface area contributed by atoms with Crippen molar-refractivity contribution in [1.29, 1.82) is 0 Å². The van der Waals surface area contributed by atoms with Gasteiger partial charge < -0.3 is 5.11 Å². The third-order valence-electron chi connectivity index (χ3n) is 10.0. The van der Waals surface area contributed by atoms with Gasteiger partial charge >= 0.3 is 0 Å². The number of hydrogen-bond donors (Lipinski definition) is 1. The number of imide groups is 2. The lowest BCUT2D eigenvalue weighted by atomic mass is 9.56. The summed E-state index contributed by atoms with van der Waals surface area (Å²) in [5.74, 6) is -21.3. The first-order valence-electron chi connectivity index (χ1n) is 14.8. The number of allylic oxidation sites excluding steroid dienone is 2. The predicted octanol–water partition coefficient (Wildman–Crippen LogP) is 6.21. The van der Waals surface area contributed by atoms with E-state index in [4.69, 9.17) is 23.2 Å². The van der Waals surface area contributed by atoms with E-state index in [-0.39, 0.29) is 34.8 Å². The van der Waals surface area contributed by atoms with E-state index >= 15 is 8.78 Å². The molecule has 4 amide bonds. The largest absolute Gasteiger partial charge is 0.507 e. The van der Waals surface area contributed by atoms with Gasteiger partial charge in [0.25, 0.3) is 11.8 Å². The van der Waals surface area contributed by atoms with Crippen LogP contribution in [0.25, 0.3) is 10.8 Å². The number of rotatable bonds is 4. The van der Waals surface area contributed by atoms with Gasteiger partial charge in [0.05, 0.1) is 11.8 Å². The molecule has 0 aromatic heterocycles. The summed E-state index contributed by atoms with van der Waals surface area (Å²) in [6.45, 7) is 1.90. The monoisotopic (exact) mass is 692 g/mol. The predicted molar refractivity (Wildman–Crippen MR) is 159 cm³/mol. The zero-order valence-electron chi connectivity index (χ0n) is 24.3. The average molecular weight is 693 g/mol. The molecule has 7 rings (SSSR count). The van der Waals surface area contributed by atoms with Crippen molar-refractivity contribution in [2.75, 3.05) is 11.4 Å². The number of phenols is 1. The molecule has 2 aliphatic carbocycles. The van der Waals surface area contributed by atoms with Crippen LogP contribution >= 0.6 is 23.2 Å². The van der Waals surface area contributed by atoms with Gasteiger partial charge in [0.2, 0.25) is 17.6 Å². The van der Waals surface area contributed by atoms with Gasteiger partial charge in [0, 0.05) is 23.4 Å². The second kappa shape index (κ2) is 10.5. The van der Waals surface area contributed by atoms with E-state index in [0.717, 1.165) is 4.90 Å². The van der Waals surface area contributed by atoms with Crippen LogP contribution < -0.4 is 4.90 Å². The summed E-state index contributed by atoms with van der Waals surface area (Å²) >= 11 is 14.2. The number of fused-ring (bicyclic) bond motifs is 5. The van der Waals surface area contributed by atoms with Gasteiger partial charge in [0.1, 0.15) is 11.4 Å². The summed E-state index contributed by atoms with van der Waals surface area (Å²) < 4.78 is 73.1. The standard InChI is InChI=1S/C33H23Cl2F5N2O5/c1-2-11-41-28(44)16-10-9-15-18(19(16)29(41)45)12-32(34)30(46)42(26-24(39)22(37)21(36)23(38)25(26)40)31(47)33(32,35)20(15)17-8-7-13-5-3-4-6-14(13)27(17)43/h3-9,16,18-20,43H,2,10-12H2,1H3. The highest BCUT2D eigenvalue weighted by atomic mass is 35.5. The fourth-order valence-corrected chi connectivity index (χ4v) is 8.85. The Morgan fingerprint density at radius 2 is 1.49 bits per heavy atom. The first-order valence-corrected chi connectivity index (χ1v) is 15.5. The van der Waals surface area contributed by atoms with Gasteiger partial charge in [-0.05, 0) is 30.6 Å². The van der Waals surface area contributed by atoms with Crippen LogP contribution in [0, 0.1) is 46.8 Å². The SMILES string of the molecule is CCCN1C(=O)C2CC=C3C(CC4(Cl)C(=O)N(c5c(F)c(F)c(F)c(F)c5F)C(=O)C4(Cl)C3c3ccc4ccccc4c3O)C2C1=O. The highest BCUT2D eigenvalue weighted by Crippen LogP contribution is 2.67. The minimum Gasteiger partial charge on any atom is -0.507 e. The van der Waals surface area contributed by atoms with Gasteiger partial charge in [-0.15, -0.1) is 23.2 Å². The third-order valence-corrected chi connectivity index (χ3v) is 11.4. The number of aromatic hydroxyl groups is 1. The normalized spacial score (nSPS) is 30.2. The summed E-state index contributed by atoms with van der Waals surface area (Å²) in [6, 6.07) is 9.60. The molecule has 2 heterocycles. The van der Waals surface area contributed by atoms with Crippen LogP contribution in [0.4, 0.5) is 27.6 Å². The number of phenolic OH excluding ortho intramolecular Hbond substituents is 1. The van der Waals surface area contributed by atoms with Crippen LogP contribution in [0.15, 0.2) is 48.0 Å². The fourth-order valence-electron chi connectivity index (χ4n) is 7.93. The smallest absolute Gasteiger partial charge is 0.258 e. The summed E-state index contributed by atoms with van der Waals surface area (Å²) in [5.41, 5.74) is -1.63. The van der Waals surface area contributed by atoms with E-state index in [0.29, 0.717) is 17.2 Å². The third kappa shape index (κ3) is 3.85. The maximum absolute atomic E-state index is 15.2. The second-order valence-electron chi connectivity index (χ2n) is 12.2. The van der Waals surface area contributed by atoms with E-state index in [1.165, 1.54) is 6.07 Å². The number of carbonyl (C=O) groups excluding carboxylic acids is 4. The number of carbonyl (C=O) groups is 4. The number of hydrogen-bond acceptors (Lipinski definition) is 5. The zero-order valence-corrected chi connectivity index (χ0v) is 25.8. The van der Waals surface area contributed by atoms with Crippen LogP contribution in [0.3, 0.4) is 0 Å². The van der Waals surface area contributed by atoms with Gasteiger partial charge in [-0.2, -0.15) is 0 Å². The molecule has 3 fully saturated rings. The molecule has 0 bridgehead atoms. The van der Waals surface area contributed by atoms with Crippen LogP contribution in [0.2, 0.25) is 0 Å². The molecule has 1 N–H and O–H groups in total. The Balaban J connectivity index is 1.49. The highest BCUT2D eigenvalue weighted by molar-refractivity contribution is 6.58. The van der Waals surface area contributed by atoms with Crippen LogP contribution in [-0.2, 0) is 19.2 Å². The molecule has 3 aromatic rings. The van der Waals surface area contributed by atoms with Crippen molar-refractivity contribution >= 4 is 63.3 Å². The molecule has 4 aliphatic rings. The number of anilines is 1. The Morgan fingerprint density at radius 1 is 0.851 bits per heavy atom. The second-order valence-corrected chi connectivity index (χ2v) is 13.5. The lowest BCUT2D eigenvalue weighted by Crippen LogP contribution is -2.60. The number of amides is 4. The van der Waals surface area contributed by atoms with E-state index in [1.807, 2.05) is 0 Å². The molecule has 6 unspecified atom stereocenters. The molecule has 0 spiro atoms. The van der Waals surface area contributed by atoms with E-state index < -0.39 is 98.2 Å². The minimum absolute atomic E-state index is 0.0257. The van der Waals surface area contributed by atoms with Crippen LogP contribution in [-0.4, -0.2) is 49.9 Å². The van der Waals surface area contributed by atoms with E-state index in [9.17, 15) is 37.5 Å². The van der Waals surface area contributed by atoms with Crippen molar-refractivity contribution in [2.45, 2.75) is 41.9 Å². The molecule has 47 heavy (non-hydrogen) atoms. The van der Waals surface area contributed by atoms with Crippen LogP contribution in [0.1, 0.15) is 37.7 Å². The maximum atomic E-state index is 15.2. The summed E-state index contributed by atoms with van der Waals surface area (Å²) in [5, 5.41) is 12.5. The van der Waals surface area contributed by atoms with E-state index in [2.05, 4.69) is 0 Å². The molecular weight excluding hydrogens is 670 g/mol. The lowest BCUT2D eigenvalue weighted by molar-refractivity contribution is -0.140. The van der Waals surface area contributed by atoms with E-state index in [1.54, 1.807) is 43.3 Å². The van der Waals surface area contributed by atoms with Crippen molar-refractivity contribution in [3.8, 4) is 5.75 Å². The van der Waals surface area contributed by atoms with Crippen molar-refractivity contribution in [1.82, 2.24) is 4.90 Å². The number of nitrogens with zero attached hydrogens (tertiary/aromatic N) is 2. The number of benzene rings is 3. The fraction of sp³-hybridized carbons (Fsp3) is 0.333. The quantitative estimate of drug-likeness (QED) is 0.0876. The molecule has 3 aromatic carbocycles. The van der Waals surface area contributed by atoms with Crippen molar-refractivity contribution in [2.24, 2.45) is 17.8 Å². The minimum atomic E-state index is -2.71. The number of halogens is 7. The molecule has 0 radical (unpaired) electrons. The molecular formula is C33H23Cl2F5N2O5. The Bertz CT molecular complexity index is 1980. The number of alkyl halides is 2. The Hall–Kier alpha value is -4.03. The highest BCUT2D eigenvalue weighted by Gasteiger charge is 2.77. The van der Waals surface area contributed by atoms with Gasteiger partial charge in [-0.25, -0.2) is 26.9 Å². The molecule has 244 valence electrons. The average Bonchev–Trinajstić information content (AvgIpc) is 3.38. The molecule has 14 heteroatoms. The Labute approximate surface area is 273 Å². The summed E-state index contributed by atoms with van der Waals surface area (Å²) in [6.07, 6.45) is 1.47. The van der Waals surface area contributed by atoms with Gasteiger partial charge in [0.15, 0.2) is 33.0 Å². The lowest BCUT2D eigenvalue weighted by Gasteiger charge is -2.50. The van der Waals surface area contributed by atoms with Crippen molar-refractivity contribution in [3.63, 3.8) is 0 Å². The topological polar surface area (TPSA) is 95.0 Å². The van der Waals surface area contributed by atoms with Gasteiger partial charge in [-0.3, -0.25) is 24.1 Å². The maximum Gasteiger partial charge on any atom is 0.258 e. The molecule has 6 atom stereocenters. The molecule has 2 aliphatic heterocycles. The Morgan fingerprint density at radius 3 is 2.15 bits per heavy atom.